The third-order valence-electron chi connectivity index (χ3n) is 2.14. The summed E-state index contributed by atoms with van der Waals surface area (Å²) in [6.45, 7) is 0. The average molecular weight is 312 g/mol. The van der Waals surface area contributed by atoms with E-state index in [0.717, 1.165) is 6.07 Å². The number of halogens is 2. The Balaban J connectivity index is 2.37. The van der Waals surface area contributed by atoms with E-state index in [1.54, 1.807) is 6.07 Å². The summed E-state index contributed by atoms with van der Waals surface area (Å²) in [6.07, 6.45) is 0. The van der Waals surface area contributed by atoms with Crippen molar-refractivity contribution in [3.63, 3.8) is 0 Å². The molecule has 2 rings (SSSR count). The van der Waals surface area contributed by atoms with Crippen LogP contribution in [0.1, 0.15) is 0 Å². The van der Waals surface area contributed by atoms with Crippen LogP contribution in [0.3, 0.4) is 0 Å². The third-order valence-corrected chi connectivity index (χ3v) is 2.63. The molecule has 0 heterocycles. The van der Waals surface area contributed by atoms with Crippen molar-refractivity contribution < 1.29 is 14.1 Å². The van der Waals surface area contributed by atoms with Gasteiger partial charge in [-0.05, 0) is 24.3 Å². The minimum Gasteiger partial charge on any atom is -0.450 e. The van der Waals surface area contributed by atoms with Crippen molar-refractivity contribution in [2.45, 2.75) is 0 Å². The van der Waals surface area contributed by atoms with Crippen LogP contribution >= 0.6 is 15.9 Å². The molecular weight excluding hydrogens is 305 g/mol. The summed E-state index contributed by atoms with van der Waals surface area (Å²) in [4.78, 5) is 10.3. The van der Waals surface area contributed by atoms with Crippen molar-refractivity contribution in [3.8, 4) is 11.5 Å². The fourth-order valence-corrected chi connectivity index (χ4v) is 1.73. The standard InChI is InChI=1S/C12H7BrFNO3/c13-8-4-5-12(11(6-8)15(16)17)18-10-3-1-2-9(14)7-10/h1-7H. The molecule has 18 heavy (non-hydrogen) atoms. The van der Waals surface area contributed by atoms with Gasteiger partial charge in [0.2, 0.25) is 5.75 Å². The molecule has 0 atom stereocenters. The van der Waals surface area contributed by atoms with Crippen molar-refractivity contribution in [3.05, 3.63) is 62.9 Å². The first kappa shape index (κ1) is 12.5. The molecule has 0 N–H and O–H groups in total. The van der Waals surface area contributed by atoms with Crippen LogP contribution in [0.4, 0.5) is 10.1 Å². The Hall–Kier alpha value is -1.95. The Morgan fingerprint density at radius 1 is 1.22 bits per heavy atom. The van der Waals surface area contributed by atoms with Gasteiger partial charge in [-0.2, -0.15) is 0 Å². The first-order valence-electron chi connectivity index (χ1n) is 4.93. The summed E-state index contributed by atoms with van der Waals surface area (Å²) in [5.41, 5.74) is -0.186. The second kappa shape index (κ2) is 5.14. The van der Waals surface area contributed by atoms with E-state index in [1.807, 2.05) is 0 Å². The van der Waals surface area contributed by atoms with Crippen LogP contribution in [0.15, 0.2) is 46.9 Å². The quantitative estimate of drug-likeness (QED) is 0.627. The van der Waals surface area contributed by atoms with E-state index in [4.69, 9.17) is 4.74 Å². The molecule has 92 valence electrons. The first-order valence-corrected chi connectivity index (χ1v) is 5.73. The zero-order chi connectivity index (χ0) is 13.1. The predicted molar refractivity (Wildman–Crippen MR) is 67.3 cm³/mol. The van der Waals surface area contributed by atoms with E-state index >= 15 is 0 Å². The van der Waals surface area contributed by atoms with Gasteiger partial charge in [0, 0.05) is 16.6 Å². The maximum atomic E-state index is 13.0. The number of rotatable bonds is 3. The van der Waals surface area contributed by atoms with Gasteiger partial charge < -0.3 is 4.74 Å². The number of benzene rings is 2. The Kier molecular flexibility index (Phi) is 3.57. The number of hydrogen-bond donors (Lipinski definition) is 0. The zero-order valence-corrected chi connectivity index (χ0v) is 10.6. The molecule has 0 fully saturated rings. The predicted octanol–water partition coefficient (Wildman–Crippen LogP) is 4.29. The fraction of sp³-hybridized carbons (Fsp3) is 0. The lowest BCUT2D eigenvalue weighted by Gasteiger charge is -2.06. The van der Waals surface area contributed by atoms with E-state index in [9.17, 15) is 14.5 Å². The smallest absolute Gasteiger partial charge is 0.312 e. The third kappa shape index (κ3) is 2.84. The molecule has 0 bridgehead atoms. The summed E-state index contributed by atoms with van der Waals surface area (Å²) in [5, 5.41) is 10.9. The highest BCUT2D eigenvalue weighted by molar-refractivity contribution is 9.10. The highest BCUT2D eigenvalue weighted by Gasteiger charge is 2.16. The van der Waals surface area contributed by atoms with Gasteiger partial charge in [-0.3, -0.25) is 10.1 Å². The summed E-state index contributed by atoms with van der Waals surface area (Å²) >= 11 is 3.14. The van der Waals surface area contributed by atoms with Gasteiger partial charge in [-0.1, -0.05) is 22.0 Å². The maximum Gasteiger partial charge on any atom is 0.312 e. The number of ether oxygens (including phenoxy) is 1. The minimum absolute atomic E-state index is 0.0637. The van der Waals surface area contributed by atoms with Gasteiger partial charge in [0.25, 0.3) is 0 Å². The van der Waals surface area contributed by atoms with E-state index in [1.165, 1.54) is 30.3 Å². The zero-order valence-electron chi connectivity index (χ0n) is 8.97. The van der Waals surface area contributed by atoms with Crippen LogP contribution < -0.4 is 4.74 Å². The molecular formula is C12H7BrFNO3. The van der Waals surface area contributed by atoms with Crippen LogP contribution in [-0.2, 0) is 0 Å². The Morgan fingerprint density at radius 3 is 2.67 bits per heavy atom. The van der Waals surface area contributed by atoms with E-state index < -0.39 is 10.7 Å². The van der Waals surface area contributed by atoms with Gasteiger partial charge >= 0.3 is 5.69 Å². The molecule has 2 aromatic carbocycles. The van der Waals surface area contributed by atoms with E-state index in [2.05, 4.69) is 15.9 Å². The van der Waals surface area contributed by atoms with E-state index in [-0.39, 0.29) is 17.2 Å². The Bertz CT molecular complexity index is 604. The van der Waals surface area contributed by atoms with Crippen molar-refractivity contribution >= 4 is 21.6 Å². The summed E-state index contributed by atoms with van der Waals surface area (Å²) in [5.74, 6) is -0.193. The van der Waals surface area contributed by atoms with Crippen LogP contribution in [0.2, 0.25) is 0 Å². The number of nitro groups is 1. The van der Waals surface area contributed by atoms with Crippen LogP contribution in [0, 0.1) is 15.9 Å². The monoisotopic (exact) mass is 311 g/mol. The lowest BCUT2D eigenvalue weighted by molar-refractivity contribution is -0.385. The molecule has 0 unspecified atom stereocenters. The lowest BCUT2D eigenvalue weighted by atomic mass is 10.3. The lowest BCUT2D eigenvalue weighted by Crippen LogP contribution is -1.93. The maximum absolute atomic E-state index is 13.0. The molecule has 0 aliphatic carbocycles. The normalized spacial score (nSPS) is 10.1. The fourth-order valence-electron chi connectivity index (χ4n) is 1.38. The Labute approximate surface area is 110 Å². The molecule has 0 aliphatic heterocycles. The molecule has 0 spiro atoms. The van der Waals surface area contributed by atoms with Gasteiger partial charge in [-0.25, -0.2) is 4.39 Å². The van der Waals surface area contributed by atoms with Crippen molar-refractivity contribution in [1.29, 1.82) is 0 Å². The van der Waals surface area contributed by atoms with Crippen molar-refractivity contribution in [2.75, 3.05) is 0 Å². The highest BCUT2D eigenvalue weighted by atomic mass is 79.9. The van der Waals surface area contributed by atoms with Crippen molar-refractivity contribution in [1.82, 2.24) is 0 Å². The second-order valence-electron chi connectivity index (χ2n) is 3.43. The molecule has 2 aromatic rings. The molecule has 4 nitrogen and oxygen atoms in total. The van der Waals surface area contributed by atoms with Gasteiger partial charge in [0.05, 0.1) is 4.92 Å². The molecule has 0 aliphatic rings. The molecule has 0 aromatic heterocycles. The summed E-state index contributed by atoms with van der Waals surface area (Å²) in [6, 6.07) is 9.81. The van der Waals surface area contributed by atoms with Gasteiger partial charge in [-0.15, -0.1) is 0 Å². The molecule has 0 amide bonds. The summed E-state index contributed by atoms with van der Waals surface area (Å²) in [7, 11) is 0. The Morgan fingerprint density at radius 2 is 2.00 bits per heavy atom. The summed E-state index contributed by atoms with van der Waals surface area (Å²) < 4.78 is 18.8. The topological polar surface area (TPSA) is 52.4 Å². The van der Waals surface area contributed by atoms with Crippen LogP contribution in [0.5, 0.6) is 11.5 Å². The van der Waals surface area contributed by atoms with Crippen LogP contribution in [0.25, 0.3) is 0 Å². The number of nitro benzene ring substituents is 1. The number of nitrogens with zero attached hydrogens (tertiary/aromatic N) is 1. The van der Waals surface area contributed by atoms with Crippen LogP contribution in [-0.4, -0.2) is 4.92 Å². The van der Waals surface area contributed by atoms with E-state index in [0.29, 0.717) is 4.47 Å². The average Bonchev–Trinajstić information content (AvgIpc) is 2.31. The molecule has 0 saturated carbocycles. The van der Waals surface area contributed by atoms with Gasteiger partial charge in [0.1, 0.15) is 11.6 Å². The minimum atomic E-state index is -0.556. The SMILES string of the molecule is O=[N+]([O-])c1cc(Br)ccc1Oc1cccc(F)c1. The molecule has 0 saturated heterocycles. The van der Waals surface area contributed by atoms with Crippen molar-refractivity contribution in [2.24, 2.45) is 0 Å². The van der Waals surface area contributed by atoms with Gasteiger partial charge in [0.15, 0.2) is 0 Å². The second-order valence-corrected chi connectivity index (χ2v) is 4.34. The first-order chi connectivity index (χ1) is 8.56. The largest absolute Gasteiger partial charge is 0.450 e. The highest BCUT2D eigenvalue weighted by Crippen LogP contribution is 2.33. The molecule has 6 heteroatoms. The molecule has 0 radical (unpaired) electrons. The number of hydrogen-bond acceptors (Lipinski definition) is 3.